The first kappa shape index (κ1) is 19.6. The standard InChI is InChI=1S/C21H27N3O2S/c1-17(2)24(15-18-7-4-3-5-8-18)20(25)16-22-10-12-23(13-11-22)21(26)19-9-6-14-27-19/h3-9,14,17H,10-13,15-16H2,1-2H3. The minimum absolute atomic E-state index is 0.101. The summed E-state index contributed by atoms with van der Waals surface area (Å²) in [5, 5.41) is 1.93. The van der Waals surface area contributed by atoms with Gasteiger partial charge in [0.15, 0.2) is 0 Å². The van der Waals surface area contributed by atoms with E-state index in [1.54, 1.807) is 0 Å². The Balaban J connectivity index is 1.52. The van der Waals surface area contributed by atoms with Crippen molar-refractivity contribution in [3.8, 4) is 0 Å². The molecule has 0 saturated carbocycles. The van der Waals surface area contributed by atoms with Gasteiger partial charge in [-0.05, 0) is 30.9 Å². The molecule has 6 heteroatoms. The highest BCUT2D eigenvalue weighted by Crippen LogP contribution is 2.15. The van der Waals surface area contributed by atoms with Gasteiger partial charge < -0.3 is 9.80 Å². The monoisotopic (exact) mass is 385 g/mol. The molecule has 5 nitrogen and oxygen atoms in total. The zero-order valence-corrected chi connectivity index (χ0v) is 16.8. The van der Waals surface area contributed by atoms with Crippen LogP contribution < -0.4 is 0 Å². The van der Waals surface area contributed by atoms with E-state index in [9.17, 15) is 9.59 Å². The largest absolute Gasteiger partial charge is 0.335 e. The van der Waals surface area contributed by atoms with E-state index in [1.807, 2.05) is 45.5 Å². The van der Waals surface area contributed by atoms with Crippen molar-refractivity contribution in [3.63, 3.8) is 0 Å². The topological polar surface area (TPSA) is 43.9 Å². The maximum absolute atomic E-state index is 12.9. The summed E-state index contributed by atoms with van der Waals surface area (Å²) in [4.78, 5) is 32.1. The normalized spacial score (nSPS) is 15.1. The van der Waals surface area contributed by atoms with Crippen LogP contribution in [-0.4, -0.2) is 65.3 Å². The molecule has 0 bridgehead atoms. The summed E-state index contributed by atoms with van der Waals surface area (Å²) >= 11 is 1.48. The van der Waals surface area contributed by atoms with E-state index in [1.165, 1.54) is 11.3 Å². The van der Waals surface area contributed by atoms with Crippen molar-refractivity contribution in [1.29, 1.82) is 0 Å². The van der Waals surface area contributed by atoms with Gasteiger partial charge in [-0.15, -0.1) is 11.3 Å². The second-order valence-electron chi connectivity index (χ2n) is 7.15. The Morgan fingerprint density at radius 1 is 1.04 bits per heavy atom. The van der Waals surface area contributed by atoms with Gasteiger partial charge in [0, 0.05) is 38.8 Å². The van der Waals surface area contributed by atoms with Crippen LogP contribution in [0.25, 0.3) is 0 Å². The van der Waals surface area contributed by atoms with Crippen molar-refractivity contribution in [2.45, 2.75) is 26.4 Å². The Morgan fingerprint density at radius 3 is 2.33 bits per heavy atom. The lowest BCUT2D eigenvalue weighted by atomic mass is 10.2. The first-order valence-electron chi connectivity index (χ1n) is 9.43. The Morgan fingerprint density at radius 2 is 1.74 bits per heavy atom. The average molecular weight is 386 g/mol. The predicted molar refractivity (Wildman–Crippen MR) is 109 cm³/mol. The number of carbonyl (C=O) groups excluding carboxylic acids is 2. The molecular formula is C21H27N3O2S. The Hall–Kier alpha value is -2.18. The molecule has 2 heterocycles. The van der Waals surface area contributed by atoms with E-state index in [-0.39, 0.29) is 17.9 Å². The van der Waals surface area contributed by atoms with Crippen LogP contribution in [0.5, 0.6) is 0 Å². The van der Waals surface area contributed by atoms with Gasteiger partial charge in [-0.1, -0.05) is 36.4 Å². The molecule has 0 radical (unpaired) electrons. The van der Waals surface area contributed by atoms with Gasteiger partial charge in [0.2, 0.25) is 5.91 Å². The van der Waals surface area contributed by atoms with E-state index in [2.05, 4.69) is 30.9 Å². The number of carbonyl (C=O) groups is 2. The molecule has 2 aromatic rings. The molecule has 1 aromatic carbocycles. The van der Waals surface area contributed by atoms with Gasteiger partial charge in [0.05, 0.1) is 11.4 Å². The van der Waals surface area contributed by atoms with Crippen LogP contribution >= 0.6 is 11.3 Å². The highest BCUT2D eigenvalue weighted by molar-refractivity contribution is 7.12. The predicted octanol–water partition coefficient (Wildman–Crippen LogP) is 2.94. The number of thiophene rings is 1. The second kappa shape index (κ2) is 9.15. The summed E-state index contributed by atoms with van der Waals surface area (Å²) in [6, 6.07) is 14.0. The fourth-order valence-electron chi connectivity index (χ4n) is 3.29. The molecule has 1 fully saturated rings. The molecule has 144 valence electrons. The molecular weight excluding hydrogens is 358 g/mol. The third-order valence-corrected chi connectivity index (χ3v) is 5.75. The first-order valence-corrected chi connectivity index (χ1v) is 10.3. The van der Waals surface area contributed by atoms with Crippen molar-refractivity contribution < 1.29 is 9.59 Å². The van der Waals surface area contributed by atoms with Crippen molar-refractivity contribution in [3.05, 3.63) is 58.3 Å². The molecule has 0 atom stereocenters. The van der Waals surface area contributed by atoms with E-state index in [4.69, 9.17) is 0 Å². The number of rotatable bonds is 6. The van der Waals surface area contributed by atoms with Crippen molar-refractivity contribution in [2.75, 3.05) is 32.7 Å². The van der Waals surface area contributed by atoms with Gasteiger partial charge in [-0.25, -0.2) is 0 Å². The summed E-state index contributed by atoms with van der Waals surface area (Å²) in [6.45, 7) is 7.96. The van der Waals surface area contributed by atoms with Crippen molar-refractivity contribution in [1.82, 2.24) is 14.7 Å². The van der Waals surface area contributed by atoms with Crippen LogP contribution in [-0.2, 0) is 11.3 Å². The van der Waals surface area contributed by atoms with Gasteiger partial charge in [0.1, 0.15) is 0 Å². The summed E-state index contributed by atoms with van der Waals surface area (Å²) < 4.78 is 0. The molecule has 0 spiro atoms. The molecule has 27 heavy (non-hydrogen) atoms. The molecule has 1 aromatic heterocycles. The fraction of sp³-hybridized carbons (Fsp3) is 0.429. The maximum Gasteiger partial charge on any atom is 0.264 e. The lowest BCUT2D eigenvalue weighted by Gasteiger charge is -2.36. The molecule has 1 aliphatic heterocycles. The fourth-order valence-corrected chi connectivity index (χ4v) is 3.98. The third kappa shape index (κ3) is 5.17. The quantitative estimate of drug-likeness (QED) is 0.768. The van der Waals surface area contributed by atoms with Crippen LogP contribution in [0, 0.1) is 0 Å². The van der Waals surface area contributed by atoms with Crippen LogP contribution in [0.2, 0.25) is 0 Å². The average Bonchev–Trinajstić information content (AvgIpc) is 3.21. The first-order chi connectivity index (χ1) is 13.0. The SMILES string of the molecule is CC(C)N(Cc1ccccc1)C(=O)CN1CCN(C(=O)c2cccs2)CC1. The second-order valence-corrected chi connectivity index (χ2v) is 8.09. The zero-order chi connectivity index (χ0) is 19.2. The maximum atomic E-state index is 12.9. The van der Waals surface area contributed by atoms with Gasteiger partial charge >= 0.3 is 0 Å². The Kier molecular flexibility index (Phi) is 6.63. The Labute approximate surface area is 165 Å². The highest BCUT2D eigenvalue weighted by Gasteiger charge is 2.26. The molecule has 1 saturated heterocycles. The number of nitrogens with zero attached hydrogens (tertiary/aromatic N) is 3. The number of amides is 2. The van der Waals surface area contributed by atoms with Crippen LogP contribution in [0.1, 0.15) is 29.1 Å². The summed E-state index contributed by atoms with van der Waals surface area (Å²) in [7, 11) is 0. The smallest absolute Gasteiger partial charge is 0.264 e. The molecule has 3 rings (SSSR count). The molecule has 0 aliphatic carbocycles. The minimum Gasteiger partial charge on any atom is -0.335 e. The third-order valence-electron chi connectivity index (χ3n) is 4.89. The van der Waals surface area contributed by atoms with Crippen LogP contribution in [0.4, 0.5) is 0 Å². The minimum atomic E-state index is 0.101. The molecule has 0 N–H and O–H groups in total. The lowest BCUT2D eigenvalue weighted by Crippen LogP contribution is -2.52. The summed E-state index contributed by atoms with van der Waals surface area (Å²) in [6.07, 6.45) is 0. The van der Waals surface area contributed by atoms with Gasteiger partial charge in [0.25, 0.3) is 5.91 Å². The van der Waals surface area contributed by atoms with E-state index in [0.717, 1.165) is 23.5 Å². The molecule has 1 aliphatic rings. The number of hydrogen-bond acceptors (Lipinski definition) is 4. The van der Waals surface area contributed by atoms with Crippen LogP contribution in [0.15, 0.2) is 47.8 Å². The van der Waals surface area contributed by atoms with Crippen molar-refractivity contribution in [2.24, 2.45) is 0 Å². The lowest BCUT2D eigenvalue weighted by molar-refractivity contribution is -0.135. The molecule has 2 amide bonds. The molecule has 0 unspecified atom stereocenters. The summed E-state index contributed by atoms with van der Waals surface area (Å²) in [5.74, 6) is 0.246. The number of hydrogen-bond donors (Lipinski definition) is 0. The van der Waals surface area contributed by atoms with Crippen LogP contribution in [0.3, 0.4) is 0 Å². The van der Waals surface area contributed by atoms with E-state index < -0.39 is 0 Å². The van der Waals surface area contributed by atoms with E-state index >= 15 is 0 Å². The number of benzene rings is 1. The zero-order valence-electron chi connectivity index (χ0n) is 16.0. The van der Waals surface area contributed by atoms with Crippen molar-refractivity contribution >= 4 is 23.2 Å². The van der Waals surface area contributed by atoms with Gasteiger partial charge in [-0.3, -0.25) is 14.5 Å². The number of piperazine rings is 1. The Bertz CT molecular complexity index is 738. The summed E-state index contributed by atoms with van der Waals surface area (Å²) in [5.41, 5.74) is 1.14. The highest BCUT2D eigenvalue weighted by atomic mass is 32.1. The van der Waals surface area contributed by atoms with E-state index in [0.29, 0.717) is 26.2 Å². The van der Waals surface area contributed by atoms with Gasteiger partial charge in [-0.2, -0.15) is 0 Å².